The molecule has 0 unspecified atom stereocenters. The topological polar surface area (TPSA) is 12.9 Å². The molecule has 0 radical (unpaired) electrons. The molecule has 7 aromatic carbocycles. The molecule has 0 atom stereocenters. The van der Waals surface area contributed by atoms with Gasteiger partial charge < -0.3 is 0 Å². The third-order valence-corrected chi connectivity index (χ3v) is 10.1. The van der Waals surface area contributed by atoms with Crippen LogP contribution in [0.2, 0.25) is 0 Å². The Hall–Kier alpha value is -5.79. The highest BCUT2D eigenvalue weighted by atomic mass is 14.7. The quantitative estimate of drug-likeness (QED) is 0.189. The molecule has 2 aliphatic rings. The molecule has 0 N–H and O–H groups in total. The van der Waals surface area contributed by atoms with Gasteiger partial charge in [0, 0.05) is 17.1 Å². The van der Waals surface area contributed by atoms with Crippen molar-refractivity contribution in [3.8, 4) is 44.6 Å². The van der Waals surface area contributed by atoms with Gasteiger partial charge in [0.15, 0.2) is 0 Å². The van der Waals surface area contributed by atoms with Crippen molar-refractivity contribution in [2.24, 2.45) is 0 Å². The highest BCUT2D eigenvalue weighted by molar-refractivity contribution is 6.26. The van der Waals surface area contributed by atoms with E-state index in [-0.39, 0.29) is 0 Å². The number of fused-ring (bicyclic) bond motifs is 13. The lowest BCUT2D eigenvalue weighted by atomic mass is 9.70. The zero-order valence-corrected chi connectivity index (χ0v) is 24.5. The number of benzene rings is 7. The second kappa shape index (κ2) is 9.11. The van der Waals surface area contributed by atoms with Gasteiger partial charge >= 0.3 is 0 Å². The minimum atomic E-state index is -0.438. The van der Waals surface area contributed by atoms with Gasteiger partial charge in [-0.05, 0) is 77.9 Å². The molecule has 2 aliphatic carbocycles. The van der Waals surface area contributed by atoms with Crippen molar-refractivity contribution in [3.05, 3.63) is 186 Å². The fraction of sp³-hybridized carbons (Fsp3) is 0.0227. The Morgan fingerprint density at radius 1 is 0.356 bits per heavy atom. The zero-order chi connectivity index (χ0) is 29.5. The molecule has 0 amide bonds. The first-order chi connectivity index (χ1) is 22.4. The predicted octanol–water partition coefficient (Wildman–Crippen LogP) is 11.1. The van der Waals surface area contributed by atoms with Crippen molar-refractivity contribution in [2.75, 3.05) is 0 Å². The Bertz CT molecular complexity index is 2430. The van der Waals surface area contributed by atoms with Crippen LogP contribution in [-0.4, -0.2) is 4.98 Å². The molecular weight excluding hydrogens is 542 g/mol. The van der Waals surface area contributed by atoms with Crippen LogP contribution in [0.25, 0.3) is 66.2 Å². The van der Waals surface area contributed by atoms with Gasteiger partial charge in [0.05, 0.1) is 11.1 Å². The SMILES string of the molecule is c1ccc(-c2c3ccccc3c(-c3ccccc3)c3c4c(ccc23)C2(c3ccccc3-c3ccccc32)c2cccnc2-4)cc1. The Kier molecular flexibility index (Phi) is 4.99. The van der Waals surface area contributed by atoms with E-state index in [9.17, 15) is 0 Å². The molecule has 208 valence electrons. The first-order valence-corrected chi connectivity index (χ1v) is 15.7. The molecule has 0 fully saturated rings. The van der Waals surface area contributed by atoms with Crippen molar-refractivity contribution in [1.29, 1.82) is 0 Å². The molecule has 1 spiro atoms. The lowest BCUT2D eigenvalue weighted by molar-refractivity contribution is 0.792. The second-order valence-electron chi connectivity index (χ2n) is 12.2. The Labute approximate surface area is 262 Å². The number of aromatic nitrogens is 1. The van der Waals surface area contributed by atoms with Crippen LogP contribution in [0, 0.1) is 0 Å². The van der Waals surface area contributed by atoms with Crippen LogP contribution in [-0.2, 0) is 5.41 Å². The summed E-state index contributed by atoms with van der Waals surface area (Å²) in [6, 6.07) is 57.9. The number of pyridine rings is 1. The highest BCUT2D eigenvalue weighted by Crippen LogP contribution is 2.64. The van der Waals surface area contributed by atoms with Gasteiger partial charge in [0.2, 0.25) is 0 Å². The van der Waals surface area contributed by atoms with E-state index >= 15 is 0 Å². The summed E-state index contributed by atoms with van der Waals surface area (Å²) >= 11 is 0. The highest BCUT2D eigenvalue weighted by Gasteiger charge is 2.52. The normalized spacial score (nSPS) is 13.5. The lowest BCUT2D eigenvalue weighted by Gasteiger charge is -2.30. The van der Waals surface area contributed by atoms with Gasteiger partial charge in [-0.3, -0.25) is 4.98 Å². The third kappa shape index (κ3) is 3.10. The maximum absolute atomic E-state index is 5.23. The molecular formula is C44H27N. The van der Waals surface area contributed by atoms with Gasteiger partial charge in [-0.1, -0.05) is 152 Å². The Morgan fingerprint density at radius 3 is 1.56 bits per heavy atom. The number of rotatable bonds is 2. The molecule has 45 heavy (non-hydrogen) atoms. The molecule has 0 aliphatic heterocycles. The van der Waals surface area contributed by atoms with Gasteiger partial charge in [0.1, 0.15) is 0 Å². The third-order valence-electron chi connectivity index (χ3n) is 10.1. The van der Waals surface area contributed by atoms with E-state index in [1.54, 1.807) is 0 Å². The molecule has 1 aromatic heterocycles. The average Bonchev–Trinajstić information content (AvgIpc) is 3.59. The van der Waals surface area contributed by atoms with Crippen LogP contribution in [0.5, 0.6) is 0 Å². The van der Waals surface area contributed by atoms with E-state index in [2.05, 4.69) is 158 Å². The molecule has 0 saturated carbocycles. The summed E-state index contributed by atoms with van der Waals surface area (Å²) in [4.78, 5) is 5.23. The second-order valence-corrected chi connectivity index (χ2v) is 12.2. The van der Waals surface area contributed by atoms with Crippen molar-refractivity contribution < 1.29 is 0 Å². The summed E-state index contributed by atoms with van der Waals surface area (Å²) in [5.74, 6) is 0. The fourth-order valence-corrected chi connectivity index (χ4v) is 8.52. The van der Waals surface area contributed by atoms with Crippen LogP contribution < -0.4 is 0 Å². The van der Waals surface area contributed by atoms with Crippen molar-refractivity contribution in [1.82, 2.24) is 4.98 Å². The Balaban J connectivity index is 1.48. The molecule has 10 rings (SSSR count). The van der Waals surface area contributed by atoms with Crippen molar-refractivity contribution >= 4 is 21.5 Å². The summed E-state index contributed by atoms with van der Waals surface area (Å²) in [6.07, 6.45) is 1.97. The average molecular weight is 570 g/mol. The molecule has 0 saturated heterocycles. The molecule has 1 heteroatoms. The van der Waals surface area contributed by atoms with Gasteiger partial charge in [-0.25, -0.2) is 0 Å². The van der Waals surface area contributed by atoms with Crippen LogP contribution in [0.3, 0.4) is 0 Å². The summed E-state index contributed by atoms with van der Waals surface area (Å²) < 4.78 is 0. The first kappa shape index (κ1) is 24.6. The zero-order valence-electron chi connectivity index (χ0n) is 24.5. The van der Waals surface area contributed by atoms with E-state index in [0.29, 0.717) is 0 Å². The smallest absolute Gasteiger partial charge is 0.0759 e. The number of hydrogen-bond acceptors (Lipinski definition) is 1. The van der Waals surface area contributed by atoms with Gasteiger partial charge in [0.25, 0.3) is 0 Å². The summed E-state index contributed by atoms with van der Waals surface area (Å²) in [5.41, 5.74) is 14.7. The molecule has 0 bridgehead atoms. The van der Waals surface area contributed by atoms with Crippen LogP contribution >= 0.6 is 0 Å². The molecule has 8 aromatic rings. The van der Waals surface area contributed by atoms with E-state index in [1.165, 1.54) is 82.7 Å². The molecule has 1 nitrogen and oxygen atoms in total. The van der Waals surface area contributed by atoms with E-state index < -0.39 is 5.41 Å². The van der Waals surface area contributed by atoms with Crippen LogP contribution in [0.1, 0.15) is 22.3 Å². The summed E-state index contributed by atoms with van der Waals surface area (Å²) in [6.45, 7) is 0. The van der Waals surface area contributed by atoms with E-state index in [4.69, 9.17) is 4.98 Å². The maximum Gasteiger partial charge on any atom is 0.0759 e. The lowest BCUT2D eigenvalue weighted by Crippen LogP contribution is -2.25. The number of hydrogen-bond donors (Lipinski definition) is 0. The minimum Gasteiger partial charge on any atom is -0.256 e. The maximum atomic E-state index is 5.23. The van der Waals surface area contributed by atoms with Crippen LogP contribution in [0.4, 0.5) is 0 Å². The van der Waals surface area contributed by atoms with E-state index in [1.807, 2.05) is 6.20 Å². The summed E-state index contributed by atoms with van der Waals surface area (Å²) in [5, 5.41) is 5.05. The fourth-order valence-electron chi connectivity index (χ4n) is 8.52. The standard InChI is InChI=1S/C44H27N/c1-3-14-28(15-4-1)39-32-20-7-8-21-33(32)40(29-16-5-2-6-17-29)41-34(39)25-26-37-42(41)43-38(24-13-27-45-43)44(37)35-22-11-9-18-30(35)31-19-10-12-23-36(31)44/h1-27H. The van der Waals surface area contributed by atoms with E-state index in [0.717, 1.165) is 5.69 Å². The predicted molar refractivity (Wildman–Crippen MR) is 186 cm³/mol. The van der Waals surface area contributed by atoms with Gasteiger partial charge in [-0.15, -0.1) is 0 Å². The van der Waals surface area contributed by atoms with Crippen molar-refractivity contribution in [3.63, 3.8) is 0 Å². The monoisotopic (exact) mass is 569 g/mol. The van der Waals surface area contributed by atoms with Crippen molar-refractivity contribution in [2.45, 2.75) is 5.41 Å². The summed E-state index contributed by atoms with van der Waals surface area (Å²) in [7, 11) is 0. The largest absolute Gasteiger partial charge is 0.256 e. The minimum absolute atomic E-state index is 0.438. The number of nitrogens with zero attached hydrogens (tertiary/aromatic N) is 1. The Morgan fingerprint density at radius 2 is 0.889 bits per heavy atom. The molecule has 1 heterocycles. The van der Waals surface area contributed by atoms with Crippen LogP contribution in [0.15, 0.2) is 164 Å². The first-order valence-electron chi connectivity index (χ1n) is 15.7. The van der Waals surface area contributed by atoms with Gasteiger partial charge in [-0.2, -0.15) is 0 Å².